The summed E-state index contributed by atoms with van der Waals surface area (Å²) < 4.78 is 6.26. The summed E-state index contributed by atoms with van der Waals surface area (Å²) in [5.74, 6) is 0.935. The lowest BCUT2D eigenvalue weighted by Crippen LogP contribution is -2.38. The van der Waals surface area contributed by atoms with Crippen LogP contribution in [0.5, 0.6) is 6.01 Å². The summed E-state index contributed by atoms with van der Waals surface area (Å²) in [7, 11) is 4.25. The van der Waals surface area contributed by atoms with E-state index in [2.05, 4.69) is 59.3 Å². The van der Waals surface area contributed by atoms with Crippen molar-refractivity contribution in [1.82, 2.24) is 19.8 Å². The first-order valence-corrected chi connectivity index (χ1v) is 13.9. The van der Waals surface area contributed by atoms with Crippen LogP contribution >= 0.6 is 11.6 Å². The lowest BCUT2D eigenvalue weighted by atomic mass is 10.0. The Labute approximate surface area is 229 Å². The number of ether oxygens (including phenoxy) is 1. The van der Waals surface area contributed by atoms with E-state index in [0.29, 0.717) is 25.2 Å². The molecule has 0 N–H and O–H groups in total. The van der Waals surface area contributed by atoms with Gasteiger partial charge in [0.1, 0.15) is 12.4 Å². The molecule has 0 spiro atoms. The van der Waals surface area contributed by atoms with Gasteiger partial charge < -0.3 is 24.3 Å². The summed E-state index contributed by atoms with van der Waals surface area (Å²) in [6, 6.07) is 13.5. The van der Waals surface area contributed by atoms with Gasteiger partial charge >= 0.3 is 6.01 Å². The van der Waals surface area contributed by atoms with E-state index in [1.165, 1.54) is 12.0 Å². The monoisotopic (exact) mass is 531 g/mol. The summed E-state index contributed by atoms with van der Waals surface area (Å²) in [6.07, 6.45) is 6.40. The SMILES string of the molecule is CN(c1nc(OC[C@@H]2CCCN2C)nc2c1CCN(c1cccc3cccc(Cl)c13)C2)C1CCN(C#N)C1. The summed E-state index contributed by atoms with van der Waals surface area (Å²) in [6.45, 7) is 4.71. The Morgan fingerprint density at radius 2 is 1.97 bits per heavy atom. The number of hydrogen-bond donors (Lipinski definition) is 0. The number of hydrogen-bond acceptors (Lipinski definition) is 8. The first kappa shape index (κ1) is 25.0. The zero-order chi connectivity index (χ0) is 26.2. The molecule has 6 rings (SSSR count). The summed E-state index contributed by atoms with van der Waals surface area (Å²) in [5, 5.41) is 12.4. The Kier molecular flexibility index (Phi) is 6.89. The highest BCUT2D eigenvalue weighted by atomic mass is 35.5. The van der Waals surface area contributed by atoms with Crippen LogP contribution in [0.4, 0.5) is 11.5 Å². The van der Waals surface area contributed by atoms with Crippen LogP contribution in [-0.4, -0.2) is 78.7 Å². The van der Waals surface area contributed by atoms with Gasteiger partial charge in [0.15, 0.2) is 6.19 Å². The van der Waals surface area contributed by atoms with Crippen molar-refractivity contribution in [3.63, 3.8) is 0 Å². The number of anilines is 2. The number of halogens is 1. The standard InChI is InChI=1S/C29H34ClN7O/c1-34-13-5-8-22(34)18-38-29-32-25-17-37(26-10-4-7-20-6-3-9-24(30)27(20)26)15-12-23(25)28(33-29)35(2)21-11-14-36(16-21)19-31/h3-4,6-7,9-10,21-22H,5,8,11-18H2,1-2H3/t21?,22-/m0/s1. The Balaban J connectivity index is 1.33. The van der Waals surface area contributed by atoms with Gasteiger partial charge in [0, 0.05) is 49.4 Å². The molecule has 198 valence electrons. The van der Waals surface area contributed by atoms with E-state index < -0.39 is 0 Å². The van der Waals surface area contributed by atoms with Crippen LogP contribution in [0.25, 0.3) is 10.8 Å². The number of benzene rings is 2. The largest absolute Gasteiger partial charge is 0.462 e. The van der Waals surface area contributed by atoms with Gasteiger partial charge in [-0.05, 0) is 56.8 Å². The quantitative estimate of drug-likeness (QED) is 0.436. The first-order valence-electron chi connectivity index (χ1n) is 13.5. The molecule has 2 aromatic carbocycles. The Morgan fingerprint density at radius 1 is 1.13 bits per heavy atom. The van der Waals surface area contributed by atoms with Crippen molar-refractivity contribution in [3.8, 4) is 12.2 Å². The van der Waals surface area contributed by atoms with Gasteiger partial charge in [-0.1, -0.05) is 35.9 Å². The highest BCUT2D eigenvalue weighted by molar-refractivity contribution is 6.36. The lowest BCUT2D eigenvalue weighted by Gasteiger charge is -2.34. The molecule has 0 saturated carbocycles. The van der Waals surface area contributed by atoms with Gasteiger partial charge in [-0.15, -0.1) is 0 Å². The van der Waals surface area contributed by atoms with Gasteiger partial charge in [-0.3, -0.25) is 0 Å². The molecule has 4 heterocycles. The van der Waals surface area contributed by atoms with Crippen molar-refractivity contribution in [2.24, 2.45) is 0 Å². The highest BCUT2D eigenvalue weighted by Crippen LogP contribution is 2.37. The number of likely N-dealkylation sites (N-methyl/N-ethyl adjacent to an activating group) is 2. The third kappa shape index (κ3) is 4.70. The second-order valence-corrected chi connectivity index (χ2v) is 11.1. The van der Waals surface area contributed by atoms with Crippen LogP contribution in [0.15, 0.2) is 36.4 Å². The second kappa shape index (κ2) is 10.5. The van der Waals surface area contributed by atoms with Crippen molar-refractivity contribution in [2.45, 2.75) is 44.3 Å². The third-order valence-electron chi connectivity index (χ3n) is 8.46. The zero-order valence-corrected chi connectivity index (χ0v) is 22.9. The van der Waals surface area contributed by atoms with E-state index in [9.17, 15) is 5.26 Å². The molecule has 2 fully saturated rings. The molecule has 0 aliphatic carbocycles. The minimum absolute atomic E-state index is 0.234. The van der Waals surface area contributed by atoms with Gasteiger partial charge in [0.05, 0.1) is 23.3 Å². The van der Waals surface area contributed by atoms with Crippen molar-refractivity contribution >= 4 is 33.9 Å². The summed E-state index contributed by atoms with van der Waals surface area (Å²) in [5.41, 5.74) is 3.31. The molecule has 0 amide bonds. The Morgan fingerprint density at radius 3 is 2.74 bits per heavy atom. The van der Waals surface area contributed by atoms with E-state index in [4.69, 9.17) is 26.3 Å². The number of likely N-dealkylation sites (tertiary alicyclic amines) is 2. The number of nitriles is 1. The predicted molar refractivity (Wildman–Crippen MR) is 151 cm³/mol. The molecule has 1 aromatic heterocycles. The molecule has 9 heteroatoms. The maximum atomic E-state index is 9.39. The fourth-order valence-electron chi connectivity index (χ4n) is 6.17. The number of fused-ring (bicyclic) bond motifs is 2. The van der Waals surface area contributed by atoms with E-state index in [1.807, 2.05) is 17.0 Å². The van der Waals surface area contributed by atoms with Crippen LogP contribution in [0.2, 0.25) is 5.02 Å². The molecular formula is C29H34ClN7O. The molecule has 2 atom stereocenters. The Bertz CT molecular complexity index is 1370. The maximum Gasteiger partial charge on any atom is 0.318 e. The average molecular weight is 532 g/mol. The topological polar surface area (TPSA) is 71.8 Å². The highest BCUT2D eigenvalue weighted by Gasteiger charge is 2.31. The van der Waals surface area contributed by atoms with Crippen LogP contribution in [0, 0.1) is 11.5 Å². The van der Waals surface area contributed by atoms with Gasteiger partial charge in [0.25, 0.3) is 0 Å². The fraction of sp³-hybridized carbons (Fsp3) is 0.483. The second-order valence-electron chi connectivity index (χ2n) is 10.7. The van der Waals surface area contributed by atoms with E-state index in [1.54, 1.807) is 0 Å². The molecule has 0 radical (unpaired) electrons. The smallest absolute Gasteiger partial charge is 0.318 e. The number of nitrogens with zero attached hydrogens (tertiary/aromatic N) is 7. The van der Waals surface area contributed by atoms with Crippen molar-refractivity contribution < 1.29 is 4.74 Å². The molecule has 0 bridgehead atoms. The van der Waals surface area contributed by atoms with Crippen LogP contribution in [0.3, 0.4) is 0 Å². The molecule has 3 aliphatic heterocycles. The average Bonchev–Trinajstić information content (AvgIpc) is 3.59. The zero-order valence-electron chi connectivity index (χ0n) is 22.1. The van der Waals surface area contributed by atoms with Crippen LogP contribution in [-0.2, 0) is 13.0 Å². The fourth-order valence-corrected chi connectivity index (χ4v) is 6.45. The predicted octanol–water partition coefficient (Wildman–Crippen LogP) is 4.31. The van der Waals surface area contributed by atoms with E-state index in [-0.39, 0.29) is 6.04 Å². The van der Waals surface area contributed by atoms with Gasteiger partial charge in [-0.2, -0.15) is 15.2 Å². The molecular weight excluding hydrogens is 498 g/mol. The van der Waals surface area contributed by atoms with Gasteiger partial charge in [-0.25, -0.2) is 0 Å². The van der Waals surface area contributed by atoms with E-state index in [0.717, 1.165) is 78.4 Å². The van der Waals surface area contributed by atoms with Crippen molar-refractivity contribution in [2.75, 3.05) is 56.7 Å². The van der Waals surface area contributed by atoms with Gasteiger partial charge in [0.2, 0.25) is 0 Å². The molecule has 3 aromatic rings. The number of rotatable bonds is 6. The van der Waals surface area contributed by atoms with Crippen molar-refractivity contribution in [3.05, 3.63) is 52.7 Å². The molecule has 38 heavy (non-hydrogen) atoms. The normalized spacial score (nSPS) is 21.5. The maximum absolute atomic E-state index is 9.39. The summed E-state index contributed by atoms with van der Waals surface area (Å²) in [4.78, 5) is 18.7. The van der Waals surface area contributed by atoms with E-state index >= 15 is 0 Å². The van der Waals surface area contributed by atoms with Crippen LogP contribution in [0.1, 0.15) is 30.5 Å². The molecule has 8 nitrogen and oxygen atoms in total. The third-order valence-corrected chi connectivity index (χ3v) is 8.77. The molecule has 1 unspecified atom stereocenters. The lowest BCUT2D eigenvalue weighted by molar-refractivity contribution is 0.187. The first-order chi connectivity index (χ1) is 18.5. The van der Waals surface area contributed by atoms with Crippen LogP contribution < -0.4 is 14.5 Å². The summed E-state index contributed by atoms with van der Waals surface area (Å²) >= 11 is 6.68. The minimum Gasteiger partial charge on any atom is -0.462 e. The Hall–Kier alpha value is -3.28. The molecule has 2 saturated heterocycles. The number of aromatic nitrogens is 2. The molecule has 3 aliphatic rings. The minimum atomic E-state index is 0.234. The van der Waals surface area contributed by atoms with Crippen molar-refractivity contribution in [1.29, 1.82) is 5.26 Å².